The van der Waals surface area contributed by atoms with E-state index in [0.717, 1.165) is 5.56 Å². The molecule has 1 aromatic carbocycles. The zero-order valence-electron chi connectivity index (χ0n) is 12.7. The van der Waals surface area contributed by atoms with Crippen LogP contribution in [-0.2, 0) is 21.4 Å². The Balaban J connectivity index is 2.02. The molecule has 0 radical (unpaired) electrons. The van der Waals surface area contributed by atoms with Gasteiger partial charge in [-0.1, -0.05) is 29.8 Å². The van der Waals surface area contributed by atoms with Gasteiger partial charge in [0.25, 0.3) is 5.91 Å². The molecule has 0 fully saturated rings. The number of nitrogens with zero attached hydrogens (tertiary/aromatic N) is 2. The van der Waals surface area contributed by atoms with Gasteiger partial charge < -0.3 is 10.1 Å². The summed E-state index contributed by atoms with van der Waals surface area (Å²) < 4.78 is 6.32. The van der Waals surface area contributed by atoms with Crippen molar-refractivity contribution in [2.24, 2.45) is 7.05 Å². The van der Waals surface area contributed by atoms with Crippen molar-refractivity contribution in [1.29, 1.82) is 0 Å². The Morgan fingerprint density at radius 1 is 1.35 bits per heavy atom. The first-order chi connectivity index (χ1) is 11.0. The first-order valence-corrected chi connectivity index (χ1v) is 7.26. The topological polar surface area (TPSA) is 73.2 Å². The molecule has 6 nitrogen and oxygen atoms in total. The van der Waals surface area contributed by atoms with E-state index in [0.29, 0.717) is 16.5 Å². The lowest BCUT2D eigenvalue weighted by Crippen LogP contribution is -2.21. The minimum atomic E-state index is -0.561. The maximum atomic E-state index is 11.8. The van der Waals surface area contributed by atoms with E-state index in [1.165, 1.54) is 10.8 Å². The summed E-state index contributed by atoms with van der Waals surface area (Å²) in [6, 6.07) is 8.95. The highest BCUT2D eigenvalue weighted by Crippen LogP contribution is 2.22. The normalized spacial score (nSPS) is 10.7. The lowest BCUT2D eigenvalue weighted by molar-refractivity contribution is -0.142. The van der Waals surface area contributed by atoms with E-state index in [9.17, 15) is 9.59 Å². The number of amides is 1. The molecule has 120 valence electrons. The molecule has 0 aliphatic heterocycles. The van der Waals surface area contributed by atoms with Gasteiger partial charge in [-0.2, -0.15) is 5.10 Å². The molecule has 23 heavy (non-hydrogen) atoms. The summed E-state index contributed by atoms with van der Waals surface area (Å²) in [4.78, 5) is 23.0. The molecule has 1 aromatic heterocycles. The van der Waals surface area contributed by atoms with E-state index in [1.807, 2.05) is 12.1 Å². The van der Waals surface area contributed by atoms with Crippen LogP contribution in [0.15, 0.2) is 42.5 Å². The molecule has 7 heteroatoms. The number of carbonyl (C=O) groups is 2. The summed E-state index contributed by atoms with van der Waals surface area (Å²) in [6.07, 6.45) is 2.79. The largest absolute Gasteiger partial charge is 0.452 e. The maximum absolute atomic E-state index is 11.8. The van der Waals surface area contributed by atoms with Gasteiger partial charge in [0.15, 0.2) is 6.61 Å². The number of esters is 1. The van der Waals surface area contributed by atoms with Crippen LogP contribution in [0.1, 0.15) is 6.92 Å². The van der Waals surface area contributed by atoms with E-state index in [2.05, 4.69) is 10.4 Å². The third-order valence-corrected chi connectivity index (χ3v) is 3.19. The number of ether oxygens (including phenoxy) is 1. The average molecular weight is 334 g/mol. The lowest BCUT2D eigenvalue weighted by atomic mass is 10.1. The second-order valence-corrected chi connectivity index (χ2v) is 5.14. The molecule has 0 bridgehead atoms. The number of carbonyl (C=O) groups excluding carboxylic acids is 2. The zero-order chi connectivity index (χ0) is 16.8. The van der Waals surface area contributed by atoms with Crippen molar-refractivity contribution in [3.05, 3.63) is 47.5 Å². The molecular formula is C16H16ClN3O3. The van der Waals surface area contributed by atoms with E-state index in [1.54, 1.807) is 38.2 Å². The number of aromatic nitrogens is 2. The predicted molar refractivity (Wildman–Crippen MR) is 88.1 cm³/mol. The molecular weight excluding hydrogens is 318 g/mol. The minimum absolute atomic E-state index is 0.357. The zero-order valence-corrected chi connectivity index (χ0v) is 13.5. The number of hydrogen-bond acceptors (Lipinski definition) is 4. The molecule has 0 aliphatic carbocycles. The molecule has 0 aliphatic rings. The van der Waals surface area contributed by atoms with Crippen molar-refractivity contribution in [3.63, 3.8) is 0 Å². The third kappa shape index (κ3) is 4.69. The Bertz CT molecular complexity index is 736. The van der Waals surface area contributed by atoms with Gasteiger partial charge >= 0.3 is 5.97 Å². The fourth-order valence-corrected chi connectivity index (χ4v) is 1.97. The lowest BCUT2D eigenvalue weighted by Gasteiger charge is -2.04. The van der Waals surface area contributed by atoms with Crippen LogP contribution in [-0.4, -0.2) is 28.3 Å². The van der Waals surface area contributed by atoms with E-state index >= 15 is 0 Å². The number of hydrogen-bond donors (Lipinski definition) is 1. The highest BCUT2D eigenvalue weighted by Gasteiger charge is 2.11. The Hall–Kier alpha value is -2.60. The molecule has 1 amide bonds. The molecule has 0 atom stereocenters. The van der Waals surface area contributed by atoms with Crippen LogP contribution in [0.3, 0.4) is 0 Å². The van der Waals surface area contributed by atoms with Crippen LogP contribution in [0.25, 0.3) is 11.3 Å². The maximum Gasteiger partial charge on any atom is 0.330 e. The number of aryl methyl sites for hydroxylation is 1. The van der Waals surface area contributed by atoms with Gasteiger partial charge in [0.1, 0.15) is 5.82 Å². The molecule has 0 spiro atoms. The first-order valence-electron chi connectivity index (χ1n) is 6.89. The highest BCUT2D eigenvalue weighted by atomic mass is 35.5. The smallest absolute Gasteiger partial charge is 0.330 e. The average Bonchev–Trinajstić information content (AvgIpc) is 2.87. The van der Waals surface area contributed by atoms with Gasteiger partial charge in [-0.3, -0.25) is 9.48 Å². The summed E-state index contributed by atoms with van der Waals surface area (Å²) in [5.41, 5.74) is 1.58. The molecule has 2 aromatic rings. The minimum Gasteiger partial charge on any atom is -0.452 e. The molecule has 0 unspecified atom stereocenters. The standard InChI is InChI=1S/C16H16ClN3O3/c1-3-4-16(22)23-10-15(21)18-14-9-13(19-20(14)2)11-5-7-12(17)8-6-11/h3-9H,10H2,1-2H3,(H,18,21)/b4-3+. The number of anilines is 1. The van der Waals surface area contributed by atoms with Crippen LogP contribution in [0.4, 0.5) is 5.82 Å². The van der Waals surface area contributed by atoms with Gasteiger partial charge in [0.2, 0.25) is 0 Å². The Kier molecular flexibility index (Phi) is 5.54. The molecule has 0 saturated heterocycles. The van der Waals surface area contributed by atoms with Crippen LogP contribution >= 0.6 is 11.6 Å². The molecule has 1 N–H and O–H groups in total. The SMILES string of the molecule is C/C=C/C(=O)OCC(=O)Nc1cc(-c2ccc(Cl)cc2)nn1C. The molecule has 1 heterocycles. The van der Waals surface area contributed by atoms with Crippen LogP contribution in [0.2, 0.25) is 5.02 Å². The third-order valence-electron chi connectivity index (χ3n) is 2.94. The van der Waals surface area contributed by atoms with Gasteiger partial charge in [-0.05, 0) is 19.1 Å². The van der Waals surface area contributed by atoms with Gasteiger partial charge in [0, 0.05) is 29.8 Å². The first kappa shape index (κ1) is 16.8. The number of halogens is 1. The fraction of sp³-hybridized carbons (Fsp3) is 0.188. The van der Waals surface area contributed by atoms with Gasteiger partial charge in [-0.25, -0.2) is 4.79 Å². The monoisotopic (exact) mass is 333 g/mol. The molecule has 2 rings (SSSR count). The van der Waals surface area contributed by atoms with E-state index in [-0.39, 0.29) is 6.61 Å². The van der Waals surface area contributed by atoms with Crippen LogP contribution in [0.5, 0.6) is 0 Å². The summed E-state index contributed by atoms with van der Waals surface area (Å²) in [7, 11) is 1.71. The summed E-state index contributed by atoms with van der Waals surface area (Å²) in [5.74, 6) is -0.495. The van der Waals surface area contributed by atoms with Crippen LogP contribution in [0, 0.1) is 0 Å². The van der Waals surface area contributed by atoms with E-state index in [4.69, 9.17) is 16.3 Å². The van der Waals surface area contributed by atoms with Crippen molar-refractivity contribution in [2.75, 3.05) is 11.9 Å². The van der Waals surface area contributed by atoms with Gasteiger partial charge in [0.05, 0.1) is 5.69 Å². The second kappa shape index (κ2) is 7.60. The van der Waals surface area contributed by atoms with Crippen LogP contribution < -0.4 is 5.32 Å². The fourth-order valence-electron chi connectivity index (χ4n) is 1.85. The van der Waals surface area contributed by atoms with Gasteiger partial charge in [-0.15, -0.1) is 0 Å². The highest BCUT2D eigenvalue weighted by molar-refractivity contribution is 6.30. The number of rotatable bonds is 5. The molecule has 0 saturated carbocycles. The number of benzene rings is 1. The van der Waals surface area contributed by atoms with Crippen molar-refractivity contribution in [3.8, 4) is 11.3 Å². The Labute approximate surface area is 138 Å². The van der Waals surface area contributed by atoms with E-state index < -0.39 is 11.9 Å². The summed E-state index contributed by atoms with van der Waals surface area (Å²) in [5, 5.41) is 7.61. The number of allylic oxidation sites excluding steroid dienone is 1. The second-order valence-electron chi connectivity index (χ2n) is 4.70. The summed E-state index contributed by atoms with van der Waals surface area (Å²) in [6.45, 7) is 1.33. The number of nitrogens with one attached hydrogen (secondary N) is 1. The Morgan fingerprint density at radius 3 is 2.70 bits per heavy atom. The summed E-state index contributed by atoms with van der Waals surface area (Å²) >= 11 is 5.86. The Morgan fingerprint density at radius 2 is 2.04 bits per heavy atom. The van der Waals surface area contributed by atoms with Crippen molar-refractivity contribution in [1.82, 2.24) is 9.78 Å². The van der Waals surface area contributed by atoms with Crippen molar-refractivity contribution in [2.45, 2.75) is 6.92 Å². The van der Waals surface area contributed by atoms with Crippen molar-refractivity contribution >= 4 is 29.3 Å². The quantitative estimate of drug-likeness (QED) is 0.674. The van der Waals surface area contributed by atoms with Crippen molar-refractivity contribution < 1.29 is 14.3 Å². The predicted octanol–water partition coefficient (Wildman–Crippen LogP) is 2.80.